The number of aliphatic hydroxyl groups excluding tert-OH is 1. The maximum Gasteiger partial charge on any atom is 0.311 e. The van der Waals surface area contributed by atoms with Crippen molar-refractivity contribution in [3.05, 3.63) is 20.0 Å². The predicted octanol–water partition coefficient (Wildman–Crippen LogP) is -0.295. The van der Waals surface area contributed by atoms with Gasteiger partial charge in [0.1, 0.15) is 10.1 Å². The lowest BCUT2D eigenvalue weighted by Gasteiger charge is -2.28. The Bertz CT molecular complexity index is 1050. The second-order valence-corrected chi connectivity index (χ2v) is 9.39. The number of aliphatic hydroxyl groups is 1. The molecule has 13 heteroatoms. The quantitative estimate of drug-likeness (QED) is 0.549. The number of nitrogen functional groups attached to an aromatic ring is 1. The van der Waals surface area contributed by atoms with E-state index in [1.165, 1.54) is 16.3 Å². The average Bonchev–Trinajstić information content (AvgIpc) is 3.28. The Hall–Kier alpha value is -1.93. The zero-order valence-corrected chi connectivity index (χ0v) is 17.9. The first-order valence-electron chi connectivity index (χ1n) is 9.64. The first kappa shape index (κ1) is 21.3. The Morgan fingerprint density at radius 2 is 2.13 bits per heavy atom. The van der Waals surface area contributed by atoms with E-state index < -0.39 is 33.5 Å². The topological polar surface area (TPSA) is 153 Å². The maximum atomic E-state index is 12.8. The molecule has 2 saturated heterocycles. The smallest absolute Gasteiger partial charge is 0.311 e. The van der Waals surface area contributed by atoms with Gasteiger partial charge in [-0.05, 0) is 6.42 Å². The third-order valence-corrected chi connectivity index (χ3v) is 7.50. The van der Waals surface area contributed by atoms with Gasteiger partial charge in [0.05, 0.1) is 24.6 Å². The summed E-state index contributed by atoms with van der Waals surface area (Å²) in [6, 6.07) is 0. The molecule has 0 bridgehead atoms. The van der Waals surface area contributed by atoms with Crippen LogP contribution in [0.1, 0.15) is 26.0 Å². The van der Waals surface area contributed by atoms with Crippen molar-refractivity contribution in [3.8, 4) is 0 Å². The summed E-state index contributed by atoms with van der Waals surface area (Å²) in [5, 5.41) is 9.87. The lowest BCUT2D eigenvalue weighted by molar-refractivity contribution is -0.136. The number of nitrogens with zero attached hydrogens (tertiary/aromatic N) is 3. The molecular weight excluding hydrogens is 434 g/mol. The van der Waals surface area contributed by atoms with Gasteiger partial charge in [-0.25, -0.2) is 0 Å². The molecule has 30 heavy (non-hydrogen) atoms. The van der Waals surface area contributed by atoms with Gasteiger partial charge in [0.25, 0.3) is 5.56 Å². The number of morpholine rings is 1. The van der Waals surface area contributed by atoms with Gasteiger partial charge in [-0.2, -0.15) is 4.98 Å². The van der Waals surface area contributed by atoms with E-state index in [4.69, 9.17) is 15.2 Å². The van der Waals surface area contributed by atoms with Crippen LogP contribution < -0.4 is 16.2 Å². The number of amides is 1. The number of nitrogens with one attached hydrogen (secondary N) is 1. The van der Waals surface area contributed by atoms with Crippen molar-refractivity contribution in [1.29, 1.82) is 0 Å². The fourth-order valence-corrected chi connectivity index (χ4v) is 5.83. The van der Waals surface area contributed by atoms with Crippen molar-refractivity contribution in [2.24, 2.45) is 0 Å². The summed E-state index contributed by atoms with van der Waals surface area (Å²) in [4.78, 5) is 45.6. The average molecular weight is 458 g/mol. The number of hydrogen-bond acceptors (Lipinski definition) is 10. The molecule has 4 N–H and O–H groups in total. The summed E-state index contributed by atoms with van der Waals surface area (Å²) in [5.74, 6) is -0.190. The van der Waals surface area contributed by atoms with Crippen molar-refractivity contribution in [3.63, 3.8) is 0 Å². The van der Waals surface area contributed by atoms with E-state index in [0.717, 1.165) is 11.3 Å². The Balaban J connectivity index is 1.69. The second kappa shape index (κ2) is 8.67. The number of nitrogens with two attached hydrogens (primary N) is 1. The van der Waals surface area contributed by atoms with E-state index >= 15 is 0 Å². The molecule has 2 fully saturated rings. The predicted molar refractivity (Wildman–Crippen MR) is 113 cm³/mol. The molecule has 4 heterocycles. The molecule has 2 aromatic rings. The van der Waals surface area contributed by atoms with Gasteiger partial charge < -0.3 is 25.2 Å². The van der Waals surface area contributed by atoms with Crippen LogP contribution in [0.25, 0.3) is 10.3 Å². The third-order valence-electron chi connectivity index (χ3n) is 5.12. The van der Waals surface area contributed by atoms with E-state index in [-0.39, 0.29) is 28.6 Å². The monoisotopic (exact) mass is 457 g/mol. The zero-order valence-electron chi connectivity index (χ0n) is 16.3. The minimum atomic E-state index is -0.860. The highest BCUT2D eigenvalue weighted by Gasteiger charge is 2.43. The van der Waals surface area contributed by atoms with Gasteiger partial charge in [-0.3, -0.25) is 23.9 Å². The number of carbonyl (C=O) groups excluding carboxylic acids is 1. The third kappa shape index (κ3) is 3.99. The SMILES string of the molecule is CCC(O)[C@H]1O[C@@H](n2c(=O)sc3c(=O)[nH]c(N)nc32)[C@H](CC(=O)N2CCOCC2)S1. The Morgan fingerprint density at radius 3 is 2.83 bits per heavy atom. The number of carbonyl (C=O) groups is 1. The van der Waals surface area contributed by atoms with Gasteiger partial charge >= 0.3 is 4.87 Å². The number of aromatic amines is 1. The number of thioether (sulfide) groups is 1. The number of thiazole rings is 1. The number of rotatable bonds is 5. The van der Waals surface area contributed by atoms with Crippen molar-refractivity contribution in [1.82, 2.24) is 19.4 Å². The van der Waals surface area contributed by atoms with Crippen molar-refractivity contribution in [2.75, 3.05) is 32.0 Å². The molecule has 164 valence electrons. The van der Waals surface area contributed by atoms with Crippen LogP contribution in [0.15, 0.2) is 9.59 Å². The summed E-state index contributed by atoms with van der Waals surface area (Å²) in [5.41, 5.74) is 4.68. The summed E-state index contributed by atoms with van der Waals surface area (Å²) in [6.07, 6.45) is -1.05. The molecule has 2 aliphatic rings. The fraction of sp³-hybridized carbons (Fsp3) is 0.647. The standard InChI is InChI=1S/C17H23N5O6S2/c1-2-8(23)15-28-14(9(29-15)7-10(24)21-3-5-27-6-4-21)22-12-11(30-17(22)26)13(25)20-16(18)19-12/h8-9,14-15,23H,2-7H2,1H3,(H3,18,19,20,25)/t8?,9-,14+,15-/m0/s1. The molecule has 0 spiro atoms. The first-order chi connectivity index (χ1) is 14.4. The molecule has 0 aliphatic carbocycles. The van der Waals surface area contributed by atoms with Crippen LogP contribution in [0.2, 0.25) is 0 Å². The highest BCUT2D eigenvalue weighted by atomic mass is 32.2. The van der Waals surface area contributed by atoms with Crippen LogP contribution in [-0.4, -0.2) is 73.5 Å². The van der Waals surface area contributed by atoms with E-state index in [1.807, 2.05) is 6.92 Å². The fourth-order valence-electron chi connectivity index (χ4n) is 3.53. The van der Waals surface area contributed by atoms with E-state index in [9.17, 15) is 19.5 Å². The van der Waals surface area contributed by atoms with Crippen molar-refractivity contribution >= 4 is 45.3 Å². The number of H-pyrrole nitrogens is 1. The van der Waals surface area contributed by atoms with Gasteiger partial charge in [-0.15, -0.1) is 11.8 Å². The summed E-state index contributed by atoms with van der Waals surface area (Å²) < 4.78 is 12.7. The minimum Gasteiger partial charge on any atom is -0.390 e. The number of ether oxygens (including phenoxy) is 2. The van der Waals surface area contributed by atoms with Crippen LogP contribution in [0.3, 0.4) is 0 Å². The molecule has 0 radical (unpaired) electrons. The van der Waals surface area contributed by atoms with Gasteiger partial charge in [0, 0.05) is 19.5 Å². The van der Waals surface area contributed by atoms with Gasteiger partial charge in [0.2, 0.25) is 11.9 Å². The van der Waals surface area contributed by atoms with Crippen LogP contribution in [0.5, 0.6) is 0 Å². The molecule has 11 nitrogen and oxygen atoms in total. The van der Waals surface area contributed by atoms with E-state index in [0.29, 0.717) is 32.7 Å². The Labute approximate surface area is 179 Å². The number of anilines is 1. The molecule has 0 saturated carbocycles. The molecule has 2 aromatic heterocycles. The highest BCUT2D eigenvalue weighted by Crippen LogP contribution is 2.43. The van der Waals surface area contributed by atoms with E-state index in [2.05, 4.69) is 9.97 Å². The van der Waals surface area contributed by atoms with E-state index in [1.54, 1.807) is 4.90 Å². The van der Waals surface area contributed by atoms with Gasteiger partial charge in [0.15, 0.2) is 11.9 Å². The lowest BCUT2D eigenvalue weighted by atomic mass is 10.2. The maximum absolute atomic E-state index is 12.8. The van der Waals surface area contributed by atoms with Gasteiger partial charge in [-0.1, -0.05) is 18.3 Å². The van der Waals surface area contributed by atoms with Crippen molar-refractivity contribution < 1.29 is 19.4 Å². The minimum absolute atomic E-state index is 0.0751. The number of fused-ring (bicyclic) bond motifs is 1. The molecule has 4 rings (SSSR count). The highest BCUT2D eigenvalue weighted by molar-refractivity contribution is 8.00. The molecular formula is C17H23N5O6S2. The largest absolute Gasteiger partial charge is 0.390 e. The normalized spacial score (nSPS) is 25.7. The molecule has 2 aliphatic heterocycles. The van der Waals surface area contributed by atoms with Crippen LogP contribution in [0, 0.1) is 0 Å². The number of aromatic nitrogens is 3. The Morgan fingerprint density at radius 1 is 1.40 bits per heavy atom. The lowest BCUT2D eigenvalue weighted by Crippen LogP contribution is -2.42. The second-order valence-electron chi connectivity index (χ2n) is 7.08. The van der Waals surface area contributed by atoms with Crippen LogP contribution >= 0.6 is 23.1 Å². The molecule has 0 aromatic carbocycles. The zero-order chi connectivity index (χ0) is 21.4. The molecule has 1 unspecified atom stereocenters. The number of hydrogen-bond donors (Lipinski definition) is 3. The van der Waals surface area contributed by atoms with Crippen LogP contribution in [-0.2, 0) is 14.3 Å². The Kier molecular flexibility index (Phi) is 6.16. The molecule has 1 amide bonds. The summed E-state index contributed by atoms with van der Waals surface area (Å²) in [6.45, 7) is 3.82. The van der Waals surface area contributed by atoms with Crippen LogP contribution in [0.4, 0.5) is 5.95 Å². The molecule has 4 atom stereocenters. The first-order valence-corrected chi connectivity index (χ1v) is 11.4. The van der Waals surface area contributed by atoms with Crippen molar-refractivity contribution in [2.45, 2.75) is 42.8 Å². The summed E-state index contributed by atoms with van der Waals surface area (Å²) >= 11 is 2.06. The summed E-state index contributed by atoms with van der Waals surface area (Å²) in [7, 11) is 0.